The Morgan fingerprint density at radius 3 is 2.23 bits per heavy atom. The summed E-state index contributed by atoms with van der Waals surface area (Å²) in [5.74, 6) is -1.33. The van der Waals surface area contributed by atoms with Crippen molar-refractivity contribution in [2.24, 2.45) is 0 Å². The van der Waals surface area contributed by atoms with E-state index in [1.807, 2.05) is 0 Å². The van der Waals surface area contributed by atoms with E-state index >= 15 is 0 Å². The van der Waals surface area contributed by atoms with Crippen LogP contribution in [0.1, 0.15) is 18.4 Å². The molecule has 2 amide bonds. The lowest BCUT2D eigenvalue weighted by atomic mass is 10.1. The van der Waals surface area contributed by atoms with Gasteiger partial charge >= 0.3 is 11.8 Å². The molecule has 2 N–H and O–H groups in total. The van der Waals surface area contributed by atoms with Gasteiger partial charge in [0, 0.05) is 36.0 Å². The van der Waals surface area contributed by atoms with Gasteiger partial charge in [-0.05, 0) is 61.2 Å². The van der Waals surface area contributed by atoms with E-state index in [9.17, 15) is 9.59 Å². The van der Waals surface area contributed by atoms with E-state index < -0.39 is 11.8 Å². The molecule has 0 spiro atoms. The molecule has 5 nitrogen and oxygen atoms in total. The molecule has 3 rings (SSSR count). The van der Waals surface area contributed by atoms with E-state index in [4.69, 9.17) is 11.6 Å². The zero-order valence-corrected chi connectivity index (χ0v) is 15.3. The van der Waals surface area contributed by atoms with Crippen LogP contribution in [0, 0.1) is 0 Å². The minimum Gasteiger partial charge on any atom is -0.372 e. The summed E-state index contributed by atoms with van der Waals surface area (Å²) in [5.41, 5.74) is 2.91. The number of anilines is 2. The van der Waals surface area contributed by atoms with Crippen LogP contribution in [0.4, 0.5) is 11.4 Å². The SMILES string of the molecule is O=C(NCCc1ccc(N2CCCC2)cc1)C(=O)Nc1ccc(Cl)cc1. The molecule has 1 aliphatic heterocycles. The Morgan fingerprint density at radius 2 is 1.58 bits per heavy atom. The largest absolute Gasteiger partial charge is 0.372 e. The minimum absolute atomic E-state index is 0.413. The fourth-order valence-corrected chi connectivity index (χ4v) is 3.10. The van der Waals surface area contributed by atoms with Gasteiger partial charge in [-0.25, -0.2) is 0 Å². The first-order valence-corrected chi connectivity index (χ1v) is 9.18. The van der Waals surface area contributed by atoms with Crippen molar-refractivity contribution in [2.45, 2.75) is 19.3 Å². The standard InChI is InChI=1S/C20H22ClN3O2/c21-16-5-7-17(8-6-16)23-20(26)19(25)22-12-11-15-3-9-18(10-4-15)24-13-1-2-14-24/h3-10H,1-2,11-14H2,(H,22,25)(H,23,26). The predicted octanol–water partition coefficient (Wildman–Crippen LogP) is 3.24. The Kier molecular flexibility index (Phi) is 6.12. The van der Waals surface area contributed by atoms with Gasteiger partial charge in [-0.15, -0.1) is 0 Å². The molecule has 1 saturated heterocycles. The van der Waals surface area contributed by atoms with Gasteiger partial charge in [0.2, 0.25) is 0 Å². The first-order chi connectivity index (χ1) is 12.6. The number of carbonyl (C=O) groups excluding carboxylic acids is 2. The van der Waals surface area contributed by atoms with Gasteiger partial charge in [0.1, 0.15) is 0 Å². The summed E-state index contributed by atoms with van der Waals surface area (Å²) in [6.07, 6.45) is 3.19. The zero-order valence-electron chi connectivity index (χ0n) is 14.5. The summed E-state index contributed by atoms with van der Waals surface area (Å²) in [4.78, 5) is 26.1. The quantitative estimate of drug-likeness (QED) is 0.793. The average molecular weight is 372 g/mol. The monoisotopic (exact) mass is 371 g/mol. The first kappa shape index (κ1) is 18.3. The van der Waals surface area contributed by atoms with Crippen LogP contribution in [0.15, 0.2) is 48.5 Å². The highest BCUT2D eigenvalue weighted by Crippen LogP contribution is 2.20. The summed E-state index contributed by atoms with van der Waals surface area (Å²) in [5, 5.41) is 5.76. The normalized spacial score (nSPS) is 13.5. The van der Waals surface area contributed by atoms with Crippen LogP contribution in [-0.2, 0) is 16.0 Å². The molecule has 2 aromatic rings. The van der Waals surface area contributed by atoms with Gasteiger partial charge in [0.05, 0.1) is 0 Å². The molecule has 1 heterocycles. The topological polar surface area (TPSA) is 61.4 Å². The van der Waals surface area contributed by atoms with Gasteiger partial charge < -0.3 is 15.5 Å². The summed E-state index contributed by atoms with van der Waals surface area (Å²) in [7, 11) is 0. The van der Waals surface area contributed by atoms with Crippen LogP contribution in [0.3, 0.4) is 0 Å². The van der Waals surface area contributed by atoms with Crippen LogP contribution < -0.4 is 15.5 Å². The van der Waals surface area contributed by atoms with Crippen molar-refractivity contribution in [3.05, 3.63) is 59.1 Å². The van der Waals surface area contributed by atoms with Gasteiger partial charge in [-0.1, -0.05) is 23.7 Å². The summed E-state index contributed by atoms with van der Waals surface area (Å²) in [6.45, 7) is 2.66. The van der Waals surface area contributed by atoms with Crippen molar-refractivity contribution >= 4 is 34.8 Å². The molecular weight excluding hydrogens is 350 g/mol. The number of nitrogens with zero attached hydrogens (tertiary/aromatic N) is 1. The molecule has 1 aliphatic rings. The molecule has 2 aromatic carbocycles. The van der Waals surface area contributed by atoms with E-state index in [0.717, 1.165) is 18.7 Å². The Balaban J connectivity index is 1.42. The van der Waals surface area contributed by atoms with E-state index in [1.54, 1.807) is 24.3 Å². The smallest absolute Gasteiger partial charge is 0.313 e. The third-order valence-electron chi connectivity index (χ3n) is 4.42. The molecule has 0 bridgehead atoms. The maximum atomic E-state index is 11.9. The molecule has 136 valence electrons. The number of amides is 2. The lowest BCUT2D eigenvalue weighted by Gasteiger charge is -2.17. The van der Waals surface area contributed by atoms with Crippen molar-refractivity contribution < 1.29 is 9.59 Å². The van der Waals surface area contributed by atoms with Crippen molar-refractivity contribution in [2.75, 3.05) is 29.9 Å². The third kappa shape index (κ3) is 4.99. The van der Waals surface area contributed by atoms with Gasteiger partial charge in [-0.3, -0.25) is 9.59 Å². The second kappa shape index (κ2) is 8.72. The third-order valence-corrected chi connectivity index (χ3v) is 4.67. The molecule has 0 aromatic heterocycles. The van der Waals surface area contributed by atoms with Crippen LogP contribution in [-0.4, -0.2) is 31.4 Å². The highest BCUT2D eigenvalue weighted by molar-refractivity contribution is 6.39. The maximum Gasteiger partial charge on any atom is 0.313 e. The first-order valence-electron chi connectivity index (χ1n) is 8.80. The average Bonchev–Trinajstić information content (AvgIpc) is 3.19. The number of benzene rings is 2. The number of hydrogen-bond donors (Lipinski definition) is 2. The second-order valence-electron chi connectivity index (χ2n) is 6.33. The highest BCUT2D eigenvalue weighted by Gasteiger charge is 2.14. The number of hydrogen-bond acceptors (Lipinski definition) is 3. The fourth-order valence-electron chi connectivity index (χ4n) is 2.97. The van der Waals surface area contributed by atoms with Crippen LogP contribution in [0.2, 0.25) is 5.02 Å². The fraction of sp³-hybridized carbons (Fsp3) is 0.300. The Morgan fingerprint density at radius 1 is 0.923 bits per heavy atom. The van der Waals surface area contributed by atoms with Crippen LogP contribution in [0.5, 0.6) is 0 Å². The van der Waals surface area contributed by atoms with E-state index in [-0.39, 0.29) is 0 Å². The molecule has 0 radical (unpaired) electrons. The minimum atomic E-state index is -0.684. The molecule has 0 unspecified atom stereocenters. The molecule has 0 saturated carbocycles. The molecule has 1 fully saturated rings. The number of nitrogens with one attached hydrogen (secondary N) is 2. The second-order valence-corrected chi connectivity index (χ2v) is 6.76. The number of rotatable bonds is 5. The van der Waals surface area contributed by atoms with Gasteiger partial charge in [-0.2, -0.15) is 0 Å². The Bertz CT molecular complexity index is 754. The number of carbonyl (C=O) groups is 2. The van der Waals surface area contributed by atoms with Crippen molar-refractivity contribution in [1.82, 2.24) is 5.32 Å². The molecule has 26 heavy (non-hydrogen) atoms. The lowest BCUT2D eigenvalue weighted by Crippen LogP contribution is -2.36. The zero-order chi connectivity index (χ0) is 18.4. The highest BCUT2D eigenvalue weighted by atomic mass is 35.5. The molecule has 6 heteroatoms. The molecular formula is C20H22ClN3O2. The Labute approximate surface area is 158 Å². The van der Waals surface area contributed by atoms with Crippen LogP contribution >= 0.6 is 11.6 Å². The summed E-state index contributed by atoms with van der Waals surface area (Å²) < 4.78 is 0. The van der Waals surface area contributed by atoms with Crippen molar-refractivity contribution in [3.8, 4) is 0 Å². The number of halogens is 1. The van der Waals surface area contributed by atoms with Gasteiger partial charge in [0.15, 0.2) is 0 Å². The maximum absolute atomic E-state index is 11.9. The predicted molar refractivity (Wildman–Crippen MR) is 105 cm³/mol. The van der Waals surface area contributed by atoms with Crippen molar-refractivity contribution in [3.63, 3.8) is 0 Å². The van der Waals surface area contributed by atoms with E-state index in [2.05, 4.69) is 39.8 Å². The molecule has 0 atom stereocenters. The lowest BCUT2D eigenvalue weighted by molar-refractivity contribution is -0.136. The van der Waals surface area contributed by atoms with E-state index in [0.29, 0.717) is 23.7 Å². The molecule has 0 aliphatic carbocycles. The van der Waals surface area contributed by atoms with Crippen molar-refractivity contribution in [1.29, 1.82) is 0 Å². The Hall–Kier alpha value is -2.53. The summed E-state index contributed by atoms with van der Waals surface area (Å²) >= 11 is 5.79. The summed E-state index contributed by atoms with van der Waals surface area (Å²) in [6, 6.07) is 15.0. The van der Waals surface area contributed by atoms with E-state index in [1.165, 1.54) is 18.5 Å². The van der Waals surface area contributed by atoms with Crippen LogP contribution in [0.25, 0.3) is 0 Å². The van der Waals surface area contributed by atoms with Gasteiger partial charge in [0.25, 0.3) is 0 Å².